The Morgan fingerprint density at radius 1 is 1.35 bits per heavy atom. The van der Waals surface area contributed by atoms with Crippen molar-refractivity contribution < 1.29 is 4.79 Å². The Morgan fingerprint density at radius 3 is 2.59 bits per heavy atom. The molecule has 0 aromatic carbocycles. The first kappa shape index (κ1) is 12.6. The van der Waals surface area contributed by atoms with Crippen molar-refractivity contribution in [3.05, 3.63) is 23.8 Å². The maximum atomic E-state index is 12.6. The summed E-state index contributed by atoms with van der Waals surface area (Å²) in [5, 5.41) is 0. The molecule has 0 aromatic heterocycles. The summed E-state index contributed by atoms with van der Waals surface area (Å²) in [7, 11) is 0. The summed E-state index contributed by atoms with van der Waals surface area (Å²) in [6, 6.07) is 0. The summed E-state index contributed by atoms with van der Waals surface area (Å²) in [4.78, 5) is 12.6. The quantitative estimate of drug-likeness (QED) is 0.512. The molecule has 0 aromatic rings. The first-order valence-corrected chi connectivity index (χ1v) is 6.94. The Morgan fingerprint density at radius 2 is 2.00 bits per heavy atom. The van der Waals surface area contributed by atoms with Crippen LogP contribution in [0.5, 0.6) is 0 Å². The fourth-order valence-electron chi connectivity index (χ4n) is 3.81. The van der Waals surface area contributed by atoms with Crippen molar-refractivity contribution in [2.75, 3.05) is 0 Å². The first-order chi connectivity index (χ1) is 8.10. The third-order valence-corrected chi connectivity index (χ3v) is 4.85. The predicted octanol–water partition coefficient (Wildman–Crippen LogP) is 4.29. The van der Waals surface area contributed by atoms with Crippen LogP contribution in [-0.4, -0.2) is 5.78 Å². The minimum atomic E-state index is 0.228. The van der Waals surface area contributed by atoms with Crippen molar-refractivity contribution in [1.29, 1.82) is 0 Å². The molecular weight excluding hydrogens is 208 g/mol. The van der Waals surface area contributed by atoms with Crippen LogP contribution in [-0.2, 0) is 4.79 Å². The van der Waals surface area contributed by atoms with Gasteiger partial charge < -0.3 is 0 Å². The summed E-state index contributed by atoms with van der Waals surface area (Å²) in [6.45, 7) is 6.15. The van der Waals surface area contributed by atoms with Crippen molar-refractivity contribution in [2.45, 2.75) is 52.9 Å². The molecule has 0 N–H and O–H groups in total. The van der Waals surface area contributed by atoms with Gasteiger partial charge in [0.15, 0.2) is 5.78 Å². The van der Waals surface area contributed by atoms with Gasteiger partial charge in [0.25, 0.3) is 0 Å². The second kappa shape index (κ2) is 4.80. The summed E-state index contributed by atoms with van der Waals surface area (Å²) >= 11 is 0. The van der Waals surface area contributed by atoms with E-state index in [2.05, 4.69) is 19.1 Å². The minimum Gasteiger partial charge on any atom is -0.294 e. The molecule has 1 fully saturated rings. The zero-order valence-corrected chi connectivity index (χ0v) is 11.3. The average molecular weight is 232 g/mol. The van der Waals surface area contributed by atoms with E-state index in [0.29, 0.717) is 11.7 Å². The van der Waals surface area contributed by atoms with Gasteiger partial charge >= 0.3 is 0 Å². The van der Waals surface area contributed by atoms with E-state index in [1.807, 2.05) is 19.9 Å². The van der Waals surface area contributed by atoms with Crippen LogP contribution in [0.1, 0.15) is 52.9 Å². The number of Topliss-reactive ketones (excluding diaryl/α,β-unsaturated/α-hetero) is 1. The molecule has 0 saturated heterocycles. The molecule has 1 spiro atoms. The van der Waals surface area contributed by atoms with Crippen LogP contribution < -0.4 is 0 Å². The van der Waals surface area contributed by atoms with Gasteiger partial charge in [-0.25, -0.2) is 0 Å². The van der Waals surface area contributed by atoms with Crippen molar-refractivity contribution in [3.8, 4) is 0 Å². The largest absolute Gasteiger partial charge is 0.294 e. The van der Waals surface area contributed by atoms with Crippen LogP contribution in [0.15, 0.2) is 23.8 Å². The highest BCUT2D eigenvalue weighted by atomic mass is 16.1. The lowest BCUT2D eigenvalue weighted by Crippen LogP contribution is -2.40. The molecule has 2 atom stereocenters. The predicted molar refractivity (Wildman–Crippen MR) is 71.8 cm³/mol. The number of carbonyl (C=O) groups is 1. The molecule has 0 aliphatic heterocycles. The van der Waals surface area contributed by atoms with E-state index < -0.39 is 0 Å². The second-order valence-corrected chi connectivity index (χ2v) is 5.87. The Hall–Kier alpha value is -0.850. The molecule has 2 aliphatic carbocycles. The van der Waals surface area contributed by atoms with Crippen LogP contribution in [0.4, 0.5) is 0 Å². The van der Waals surface area contributed by atoms with Crippen molar-refractivity contribution in [2.24, 2.45) is 17.3 Å². The van der Waals surface area contributed by atoms with E-state index in [9.17, 15) is 4.79 Å². The highest BCUT2D eigenvalue weighted by molar-refractivity contribution is 5.97. The first-order valence-electron chi connectivity index (χ1n) is 6.94. The average Bonchev–Trinajstić information content (AvgIpc) is 2.76. The van der Waals surface area contributed by atoms with E-state index in [-0.39, 0.29) is 11.3 Å². The summed E-state index contributed by atoms with van der Waals surface area (Å²) in [5.41, 5.74) is 1.23. The molecule has 94 valence electrons. The number of hydrogen-bond acceptors (Lipinski definition) is 1. The van der Waals surface area contributed by atoms with E-state index in [1.54, 1.807) is 0 Å². The van der Waals surface area contributed by atoms with Crippen LogP contribution in [0.3, 0.4) is 0 Å². The van der Waals surface area contributed by atoms with E-state index >= 15 is 0 Å². The lowest BCUT2D eigenvalue weighted by Gasteiger charge is -2.41. The maximum absolute atomic E-state index is 12.6. The van der Waals surface area contributed by atoms with E-state index in [4.69, 9.17) is 0 Å². The molecule has 1 nitrogen and oxygen atoms in total. The van der Waals surface area contributed by atoms with Gasteiger partial charge in [0.1, 0.15) is 0 Å². The number of rotatable bonds is 2. The molecule has 2 unspecified atom stereocenters. The number of allylic oxidation sites excluding steroid dienone is 4. The number of hydrogen-bond donors (Lipinski definition) is 0. The summed E-state index contributed by atoms with van der Waals surface area (Å²) in [5.74, 6) is 1.03. The monoisotopic (exact) mass is 232 g/mol. The number of carbonyl (C=O) groups excluding carboxylic acids is 1. The standard InChI is InChI=1S/C16H24O/c1-4-12(2)15(17)14-13(3)8-7-11-16(14)9-5-6-10-16/h4,7-8,13-14H,5-6,9-11H2,1-3H3/b12-4+. The highest BCUT2D eigenvalue weighted by Crippen LogP contribution is 2.53. The molecular formula is C16H24O. The van der Waals surface area contributed by atoms with Crippen LogP contribution in [0.2, 0.25) is 0 Å². The molecule has 2 rings (SSSR count). The topological polar surface area (TPSA) is 17.1 Å². The summed E-state index contributed by atoms with van der Waals surface area (Å²) in [6.07, 6.45) is 12.7. The van der Waals surface area contributed by atoms with Crippen molar-refractivity contribution in [3.63, 3.8) is 0 Å². The van der Waals surface area contributed by atoms with Gasteiger partial charge in [-0.3, -0.25) is 4.79 Å². The molecule has 17 heavy (non-hydrogen) atoms. The van der Waals surface area contributed by atoms with Gasteiger partial charge in [0.05, 0.1) is 0 Å². The highest BCUT2D eigenvalue weighted by Gasteiger charge is 2.47. The Kier molecular flexibility index (Phi) is 3.56. The molecule has 0 heterocycles. The third kappa shape index (κ3) is 2.12. The van der Waals surface area contributed by atoms with Gasteiger partial charge in [-0.1, -0.05) is 38.0 Å². The maximum Gasteiger partial charge on any atom is 0.162 e. The lowest BCUT2D eigenvalue weighted by molar-refractivity contribution is -0.125. The van der Waals surface area contributed by atoms with E-state index in [1.165, 1.54) is 25.7 Å². The molecule has 0 amide bonds. The molecule has 2 aliphatic rings. The minimum absolute atomic E-state index is 0.228. The van der Waals surface area contributed by atoms with Gasteiger partial charge in [-0.15, -0.1) is 0 Å². The summed E-state index contributed by atoms with van der Waals surface area (Å²) < 4.78 is 0. The van der Waals surface area contributed by atoms with Crippen LogP contribution >= 0.6 is 0 Å². The van der Waals surface area contributed by atoms with Crippen molar-refractivity contribution in [1.82, 2.24) is 0 Å². The second-order valence-electron chi connectivity index (χ2n) is 5.87. The smallest absolute Gasteiger partial charge is 0.162 e. The third-order valence-electron chi connectivity index (χ3n) is 4.85. The molecule has 1 saturated carbocycles. The van der Waals surface area contributed by atoms with E-state index in [0.717, 1.165) is 12.0 Å². The fraction of sp³-hybridized carbons (Fsp3) is 0.688. The van der Waals surface area contributed by atoms with Gasteiger partial charge in [-0.2, -0.15) is 0 Å². The van der Waals surface area contributed by atoms with Gasteiger partial charge in [0, 0.05) is 5.92 Å². The van der Waals surface area contributed by atoms with Gasteiger partial charge in [0.2, 0.25) is 0 Å². The van der Waals surface area contributed by atoms with Crippen LogP contribution in [0, 0.1) is 17.3 Å². The van der Waals surface area contributed by atoms with Crippen molar-refractivity contribution >= 4 is 5.78 Å². The van der Waals surface area contributed by atoms with Crippen LogP contribution in [0.25, 0.3) is 0 Å². The fourth-order valence-corrected chi connectivity index (χ4v) is 3.81. The Labute approximate surface area is 105 Å². The zero-order chi connectivity index (χ0) is 12.5. The lowest BCUT2D eigenvalue weighted by atomic mass is 9.61. The normalized spacial score (nSPS) is 32.1. The molecule has 0 bridgehead atoms. The SMILES string of the molecule is C/C=C(\C)C(=O)C1C(C)C=CCC12CCCC2. The van der Waals surface area contributed by atoms with Gasteiger partial charge in [-0.05, 0) is 50.0 Å². The zero-order valence-electron chi connectivity index (χ0n) is 11.3. The molecule has 0 radical (unpaired) electrons. The Bertz CT molecular complexity index is 356. The number of ketones is 1. The molecule has 1 heteroatoms. The Balaban J connectivity index is 2.33.